The second kappa shape index (κ2) is 8.86. The van der Waals surface area contributed by atoms with E-state index in [2.05, 4.69) is 31.4 Å². The smallest absolute Gasteiger partial charge is 0.260 e. The van der Waals surface area contributed by atoms with Gasteiger partial charge in [0, 0.05) is 16.2 Å². The molecule has 0 saturated carbocycles. The van der Waals surface area contributed by atoms with Crippen LogP contribution in [0.4, 0.5) is 5.82 Å². The van der Waals surface area contributed by atoms with Gasteiger partial charge in [-0.05, 0) is 59.6 Å². The lowest BCUT2D eigenvalue weighted by Gasteiger charge is -2.06. The molecular formula is C22H18BrCl2N5O. The largest absolute Gasteiger partial charge is 0.304 e. The lowest BCUT2D eigenvalue weighted by atomic mass is 10.2. The van der Waals surface area contributed by atoms with Gasteiger partial charge in [-0.1, -0.05) is 47.5 Å². The van der Waals surface area contributed by atoms with Crippen molar-refractivity contribution >= 4 is 50.9 Å². The van der Waals surface area contributed by atoms with Gasteiger partial charge < -0.3 is 5.32 Å². The highest BCUT2D eigenvalue weighted by atomic mass is 79.9. The minimum atomic E-state index is -0.271. The molecule has 0 unspecified atom stereocenters. The lowest BCUT2D eigenvalue weighted by molar-refractivity contribution is 0.102. The number of rotatable bonds is 5. The van der Waals surface area contributed by atoms with Crippen molar-refractivity contribution in [1.82, 2.24) is 19.6 Å². The summed E-state index contributed by atoms with van der Waals surface area (Å²) in [5, 5.41) is 13.0. The van der Waals surface area contributed by atoms with E-state index in [0.717, 1.165) is 16.9 Å². The Kier molecular flexibility index (Phi) is 6.18. The number of amides is 1. The van der Waals surface area contributed by atoms with Crippen LogP contribution in [0, 0.1) is 13.8 Å². The number of para-hydroxylation sites is 1. The number of benzene rings is 2. The maximum Gasteiger partial charge on any atom is 0.260 e. The molecule has 4 rings (SSSR count). The van der Waals surface area contributed by atoms with Crippen molar-refractivity contribution in [3.05, 3.63) is 91.8 Å². The van der Waals surface area contributed by atoms with Gasteiger partial charge in [0.1, 0.15) is 0 Å². The molecule has 2 aromatic heterocycles. The van der Waals surface area contributed by atoms with Gasteiger partial charge in [-0.3, -0.25) is 9.48 Å². The third kappa shape index (κ3) is 4.54. The first kappa shape index (κ1) is 21.6. The molecule has 31 heavy (non-hydrogen) atoms. The summed E-state index contributed by atoms with van der Waals surface area (Å²) in [5.41, 5.74) is 3.68. The molecule has 0 radical (unpaired) electrons. The van der Waals surface area contributed by atoms with Crippen LogP contribution in [0.15, 0.2) is 59.2 Å². The number of carbonyl (C=O) groups excluding carboxylic acids is 1. The van der Waals surface area contributed by atoms with E-state index in [1.807, 2.05) is 50.2 Å². The highest BCUT2D eigenvalue weighted by Crippen LogP contribution is 2.26. The van der Waals surface area contributed by atoms with Crippen LogP contribution in [0.1, 0.15) is 27.3 Å². The first-order valence-electron chi connectivity index (χ1n) is 9.43. The summed E-state index contributed by atoms with van der Waals surface area (Å²) in [6, 6.07) is 15.0. The van der Waals surface area contributed by atoms with E-state index in [1.54, 1.807) is 27.7 Å². The molecule has 2 aromatic carbocycles. The average Bonchev–Trinajstić information content (AvgIpc) is 3.23. The third-order valence-electron chi connectivity index (χ3n) is 4.82. The molecule has 6 nitrogen and oxygen atoms in total. The van der Waals surface area contributed by atoms with Gasteiger partial charge in [-0.15, -0.1) is 0 Å². The predicted molar refractivity (Wildman–Crippen MR) is 126 cm³/mol. The topological polar surface area (TPSA) is 64.7 Å². The molecule has 0 saturated heterocycles. The van der Waals surface area contributed by atoms with Gasteiger partial charge in [0.05, 0.1) is 33.7 Å². The average molecular weight is 519 g/mol. The molecule has 158 valence electrons. The first-order valence-corrected chi connectivity index (χ1v) is 11.0. The first-order chi connectivity index (χ1) is 14.8. The summed E-state index contributed by atoms with van der Waals surface area (Å²) in [4.78, 5) is 13.0. The van der Waals surface area contributed by atoms with E-state index < -0.39 is 0 Å². The molecule has 4 aromatic rings. The van der Waals surface area contributed by atoms with E-state index in [9.17, 15) is 4.79 Å². The Morgan fingerprint density at radius 2 is 1.84 bits per heavy atom. The minimum absolute atomic E-state index is 0.271. The van der Waals surface area contributed by atoms with Crippen LogP contribution in [-0.2, 0) is 6.54 Å². The van der Waals surface area contributed by atoms with Crippen molar-refractivity contribution in [2.45, 2.75) is 20.4 Å². The van der Waals surface area contributed by atoms with Gasteiger partial charge in [-0.2, -0.15) is 10.2 Å². The van der Waals surface area contributed by atoms with Gasteiger partial charge in [0.2, 0.25) is 0 Å². The Balaban J connectivity index is 1.56. The molecule has 1 N–H and O–H groups in total. The van der Waals surface area contributed by atoms with Crippen LogP contribution in [0.5, 0.6) is 0 Å². The lowest BCUT2D eigenvalue weighted by Crippen LogP contribution is -2.15. The zero-order valence-corrected chi connectivity index (χ0v) is 19.8. The van der Waals surface area contributed by atoms with Crippen LogP contribution in [0.25, 0.3) is 5.69 Å². The molecular weight excluding hydrogens is 501 g/mol. The normalized spacial score (nSPS) is 11.0. The fourth-order valence-electron chi connectivity index (χ4n) is 3.35. The zero-order chi connectivity index (χ0) is 22.1. The highest BCUT2D eigenvalue weighted by Gasteiger charge is 2.21. The van der Waals surface area contributed by atoms with Crippen molar-refractivity contribution < 1.29 is 4.79 Å². The second-order valence-corrected chi connectivity index (χ2v) is 8.70. The summed E-state index contributed by atoms with van der Waals surface area (Å²) in [7, 11) is 0. The SMILES string of the molecule is Cc1nn(-c2ccccc2)c(C)c1C(=O)Nc1nn(Cc2ccc(Cl)cc2Cl)cc1Br. The molecule has 0 aliphatic rings. The molecule has 0 atom stereocenters. The molecule has 0 aliphatic heterocycles. The predicted octanol–water partition coefficient (Wildman–Crippen LogP) is 6.06. The summed E-state index contributed by atoms with van der Waals surface area (Å²) in [6.07, 6.45) is 1.79. The van der Waals surface area contributed by atoms with E-state index in [0.29, 0.717) is 38.1 Å². The van der Waals surface area contributed by atoms with Crippen LogP contribution < -0.4 is 5.32 Å². The third-order valence-corrected chi connectivity index (χ3v) is 5.98. The van der Waals surface area contributed by atoms with E-state index in [-0.39, 0.29) is 5.91 Å². The number of nitrogens with one attached hydrogen (secondary N) is 1. The van der Waals surface area contributed by atoms with Crippen molar-refractivity contribution in [1.29, 1.82) is 0 Å². The van der Waals surface area contributed by atoms with Gasteiger partial charge in [-0.25, -0.2) is 4.68 Å². The summed E-state index contributed by atoms with van der Waals surface area (Å²) < 4.78 is 4.12. The molecule has 0 fully saturated rings. The van der Waals surface area contributed by atoms with E-state index in [4.69, 9.17) is 23.2 Å². The molecule has 1 amide bonds. The van der Waals surface area contributed by atoms with E-state index >= 15 is 0 Å². The molecule has 0 bridgehead atoms. The number of nitrogens with zero attached hydrogens (tertiary/aromatic N) is 4. The highest BCUT2D eigenvalue weighted by molar-refractivity contribution is 9.10. The monoisotopic (exact) mass is 517 g/mol. The number of halogens is 3. The van der Waals surface area contributed by atoms with Crippen LogP contribution in [0.2, 0.25) is 10.0 Å². The summed E-state index contributed by atoms with van der Waals surface area (Å²) >= 11 is 15.7. The fourth-order valence-corrected chi connectivity index (χ4v) is 4.23. The zero-order valence-electron chi connectivity index (χ0n) is 16.7. The van der Waals surface area contributed by atoms with Crippen LogP contribution >= 0.6 is 39.1 Å². The molecule has 2 heterocycles. The van der Waals surface area contributed by atoms with Gasteiger partial charge >= 0.3 is 0 Å². The Hall–Kier alpha value is -2.61. The second-order valence-electron chi connectivity index (χ2n) is 7.01. The molecule has 9 heteroatoms. The number of carbonyl (C=O) groups is 1. The van der Waals surface area contributed by atoms with Crippen molar-refractivity contribution in [2.24, 2.45) is 0 Å². The maximum absolute atomic E-state index is 13.0. The number of aryl methyl sites for hydroxylation is 1. The molecule has 0 aliphatic carbocycles. The Bertz CT molecular complexity index is 1270. The maximum atomic E-state index is 13.0. The Morgan fingerprint density at radius 1 is 1.10 bits per heavy atom. The van der Waals surface area contributed by atoms with Crippen LogP contribution in [-0.4, -0.2) is 25.5 Å². The van der Waals surface area contributed by atoms with Crippen molar-refractivity contribution in [2.75, 3.05) is 5.32 Å². The number of aromatic nitrogens is 4. The quantitative estimate of drug-likeness (QED) is 0.349. The summed E-state index contributed by atoms with van der Waals surface area (Å²) in [5.74, 6) is 0.147. The number of hydrogen-bond acceptors (Lipinski definition) is 3. The number of anilines is 1. The number of hydrogen-bond donors (Lipinski definition) is 1. The standard InChI is InChI=1S/C22H18BrCl2N5O/c1-13-20(14(2)30(27-13)17-6-4-3-5-7-17)22(31)26-21-18(23)12-29(28-21)11-15-8-9-16(24)10-19(15)25/h3-10,12H,11H2,1-2H3,(H,26,28,31). The van der Waals surface area contributed by atoms with Crippen LogP contribution in [0.3, 0.4) is 0 Å². The minimum Gasteiger partial charge on any atom is -0.304 e. The van der Waals surface area contributed by atoms with Gasteiger partial charge in [0.15, 0.2) is 5.82 Å². The van der Waals surface area contributed by atoms with Crippen molar-refractivity contribution in [3.8, 4) is 5.69 Å². The fraction of sp³-hybridized carbons (Fsp3) is 0.136. The van der Waals surface area contributed by atoms with Gasteiger partial charge in [0.25, 0.3) is 5.91 Å². The van der Waals surface area contributed by atoms with E-state index in [1.165, 1.54) is 0 Å². The van der Waals surface area contributed by atoms with Crippen molar-refractivity contribution in [3.63, 3.8) is 0 Å². The Morgan fingerprint density at radius 3 is 2.55 bits per heavy atom. The molecule has 0 spiro atoms. The summed E-state index contributed by atoms with van der Waals surface area (Å²) in [6.45, 7) is 4.13. The Labute approximate surface area is 197 Å².